The van der Waals surface area contributed by atoms with E-state index in [0.717, 1.165) is 21.9 Å². The van der Waals surface area contributed by atoms with E-state index >= 15 is 0 Å². The van der Waals surface area contributed by atoms with Crippen molar-refractivity contribution >= 4 is 32.6 Å². The van der Waals surface area contributed by atoms with Crippen LogP contribution in [0.25, 0.3) is 10.8 Å². The fourth-order valence-electron chi connectivity index (χ4n) is 3.21. The molecule has 134 valence electrons. The second kappa shape index (κ2) is 8.47. The van der Waals surface area contributed by atoms with Crippen LogP contribution in [0.4, 0.5) is 0 Å². The highest BCUT2D eigenvalue weighted by molar-refractivity contribution is 9.09. The molecule has 0 heterocycles. The van der Waals surface area contributed by atoms with E-state index < -0.39 is 6.10 Å². The second-order valence-electron chi connectivity index (χ2n) is 6.48. The molecular formula is C22H22BrNO2. The van der Waals surface area contributed by atoms with Crippen molar-refractivity contribution < 1.29 is 9.90 Å². The summed E-state index contributed by atoms with van der Waals surface area (Å²) >= 11 is 3.22. The normalized spacial score (nSPS) is 13.3. The third-order valence-corrected chi connectivity index (χ3v) is 5.21. The lowest BCUT2D eigenvalue weighted by molar-refractivity contribution is -0.127. The lowest BCUT2D eigenvalue weighted by atomic mass is 9.87. The number of carbonyl (C=O) groups excluding carboxylic acids is 1. The molecule has 1 N–H and O–H groups in total. The van der Waals surface area contributed by atoms with E-state index in [4.69, 9.17) is 0 Å². The molecule has 0 saturated carbocycles. The SMILES string of the molecule is CN(C[C@@H](c1ccc2ccccc2c1)[C@H](O)c1ccccc1)C(=O)CBr. The lowest BCUT2D eigenvalue weighted by Crippen LogP contribution is -2.33. The van der Waals surface area contributed by atoms with Gasteiger partial charge >= 0.3 is 0 Å². The Balaban J connectivity index is 1.99. The van der Waals surface area contributed by atoms with Gasteiger partial charge in [-0.25, -0.2) is 0 Å². The third kappa shape index (κ3) is 4.14. The topological polar surface area (TPSA) is 40.5 Å². The fourth-order valence-corrected chi connectivity index (χ4v) is 3.64. The van der Waals surface area contributed by atoms with Gasteiger partial charge in [0.1, 0.15) is 0 Å². The van der Waals surface area contributed by atoms with E-state index in [1.54, 1.807) is 11.9 Å². The van der Waals surface area contributed by atoms with E-state index in [1.165, 1.54) is 0 Å². The maximum atomic E-state index is 12.0. The van der Waals surface area contributed by atoms with Gasteiger partial charge in [-0.1, -0.05) is 88.7 Å². The summed E-state index contributed by atoms with van der Waals surface area (Å²) < 4.78 is 0. The highest BCUT2D eigenvalue weighted by Gasteiger charge is 2.25. The summed E-state index contributed by atoms with van der Waals surface area (Å²) in [5.74, 6) is -0.217. The number of hydrogen-bond donors (Lipinski definition) is 1. The third-order valence-electron chi connectivity index (χ3n) is 4.73. The number of aliphatic hydroxyl groups excluding tert-OH is 1. The van der Waals surface area contributed by atoms with E-state index in [0.29, 0.717) is 6.54 Å². The Morgan fingerprint density at radius 1 is 0.962 bits per heavy atom. The quantitative estimate of drug-likeness (QED) is 0.606. The summed E-state index contributed by atoms with van der Waals surface area (Å²) in [4.78, 5) is 13.7. The van der Waals surface area contributed by atoms with Gasteiger partial charge in [-0.2, -0.15) is 0 Å². The van der Waals surface area contributed by atoms with E-state index in [-0.39, 0.29) is 17.2 Å². The molecule has 3 nitrogen and oxygen atoms in total. The number of nitrogens with zero attached hydrogens (tertiary/aromatic N) is 1. The van der Waals surface area contributed by atoms with Crippen molar-refractivity contribution in [1.29, 1.82) is 0 Å². The van der Waals surface area contributed by atoms with Crippen molar-refractivity contribution in [2.24, 2.45) is 0 Å². The van der Waals surface area contributed by atoms with Crippen LogP contribution in [0.1, 0.15) is 23.1 Å². The number of alkyl halides is 1. The Hall–Kier alpha value is -2.17. The molecule has 3 rings (SSSR count). The minimum Gasteiger partial charge on any atom is -0.388 e. The number of fused-ring (bicyclic) bond motifs is 1. The zero-order valence-corrected chi connectivity index (χ0v) is 16.3. The molecule has 0 fully saturated rings. The monoisotopic (exact) mass is 411 g/mol. The minimum absolute atomic E-state index is 0.00366. The van der Waals surface area contributed by atoms with E-state index in [1.807, 2.05) is 48.5 Å². The first kappa shape index (κ1) is 18.6. The number of benzene rings is 3. The molecule has 26 heavy (non-hydrogen) atoms. The van der Waals surface area contributed by atoms with Crippen LogP contribution in [-0.4, -0.2) is 34.8 Å². The number of rotatable bonds is 6. The predicted molar refractivity (Wildman–Crippen MR) is 110 cm³/mol. The molecule has 0 aromatic heterocycles. The van der Waals surface area contributed by atoms with Gasteiger partial charge in [0, 0.05) is 19.5 Å². The summed E-state index contributed by atoms with van der Waals surface area (Å²) in [6.45, 7) is 0.443. The fraction of sp³-hybridized carbons (Fsp3) is 0.227. The van der Waals surface area contributed by atoms with Gasteiger partial charge < -0.3 is 10.0 Å². The van der Waals surface area contributed by atoms with Crippen LogP contribution in [0.15, 0.2) is 72.8 Å². The maximum absolute atomic E-state index is 12.0. The van der Waals surface area contributed by atoms with Gasteiger partial charge in [-0.05, 0) is 21.9 Å². The Morgan fingerprint density at radius 2 is 1.62 bits per heavy atom. The Kier molecular flexibility index (Phi) is 6.07. The predicted octanol–water partition coefficient (Wildman–Crippen LogP) is 4.51. The molecule has 1 amide bonds. The molecule has 0 unspecified atom stereocenters. The summed E-state index contributed by atoms with van der Waals surface area (Å²) in [6.07, 6.45) is -0.692. The van der Waals surface area contributed by atoms with Gasteiger partial charge in [-0.3, -0.25) is 4.79 Å². The molecule has 3 aromatic carbocycles. The largest absolute Gasteiger partial charge is 0.388 e. The Morgan fingerprint density at radius 3 is 2.31 bits per heavy atom. The van der Waals surface area contributed by atoms with Crippen molar-refractivity contribution in [2.45, 2.75) is 12.0 Å². The average molecular weight is 412 g/mol. The zero-order chi connectivity index (χ0) is 18.5. The van der Waals surface area contributed by atoms with Crippen LogP contribution in [0.3, 0.4) is 0 Å². The van der Waals surface area contributed by atoms with E-state index in [9.17, 15) is 9.90 Å². The highest BCUT2D eigenvalue weighted by atomic mass is 79.9. The molecule has 4 heteroatoms. The smallest absolute Gasteiger partial charge is 0.232 e. The second-order valence-corrected chi connectivity index (χ2v) is 7.04. The van der Waals surface area contributed by atoms with Gasteiger partial charge in [0.25, 0.3) is 0 Å². The van der Waals surface area contributed by atoms with Gasteiger partial charge in [0.15, 0.2) is 0 Å². The van der Waals surface area contributed by atoms with Gasteiger partial charge in [-0.15, -0.1) is 0 Å². The summed E-state index contributed by atoms with van der Waals surface area (Å²) in [6, 6.07) is 24.0. The lowest BCUT2D eigenvalue weighted by Gasteiger charge is -2.28. The number of likely N-dealkylation sites (N-methyl/N-ethyl adjacent to an activating group) is 1. The summed E-state index contributed by atoms with van der Waals surface area (Å²) in [5, 5.41) is 13.6. The van der Waals surface area contributed by atoms with Gasteiger partial charge in [0.05, 0.1) is 11.4 Å². The van der Waals surface area contributed by atoms with Crippen molar-refractivity contribution in [3.8, 4) is 0 Å². The van der Waals surface area contributed by atoms with Crippen molar-refractivity contribution in [1.82, 2.24) is 4.90 Å². The first-order valence-corrected chi connectivity index (χ1v) is 9.74. The number of amides is 1. The van der Waals surface area contributed by atoms with Crippen LogP contribution < -0.4 is 0 Å². The molecule has 2 atom stereocenters. The molecule has 0 spiro atoms. The van der Waals surface area contributed by atoms with Crippen molar-refractivity contribution in [3.63, 3.8) is 0 Å². The number of carbonyl (C=O) groups is 1. The number of aliphatic hydroxyl groups is 1. The highest BCUT2D eigenvalue weighted by Crippen LogP contribution is 2.33. The van der Waals surface area contributed by atoms with Crippen LogP contribution in [-0.2, 0) is 4.79 Å². The average Bonchev–Trinajstić information content (AvgIpc) is 2.71. The molecule has 0 bridgehead atoms. The zero-order valence-electron chi connectivity index (χ0n) is 14.7. The minimum atomic E-state index is -0.692. The molecular weight excluding hydrogens is 390 g/mol. The molecule has 3 aromatic rings. The van der Waals surface area contributed by atoms with Crippen LogP contribution in [0.5, 0.6) is 0 Å². The molecule has 0 aliphatic rings. The van der Waals surface area contributed by atoms with Gasteiger partial charge in [0.2, 0.25) is 5.91 Å². The standard InChI is InChI=1S/C22H22BrNO2/c1-24(21(25)14-23)15-20(22(26)17-8-3-2-4-9-17)19-12-11-16-7-5-6-10-18(16)13-19/h2-13,20,22,26H,14-15H2,1H3/t20-,22+/m0/s1. The number of halogens is 1. The summed E-state index contributed by atoms with van der Waals surface area (Å²) in [5.41, 5.74) is 1.87. The molecule has 0 saturated heterocycles. The van der Waals surface area contributed by atoms with Crippen LogP contribution in [0, 0.1) is 0 Å². The maximum Gasteiger partial charge on any atom is 0.232 e. The Bertz CT molecular complexity index is 881. The van der Waals surface area contributed by atoms with Crippen molar-refractivity contribution in [2.75, 3.05) is 18.9 Å². The first-order chi connectivity index (χ1) is 12.6. The van der Waals surface area contributed by atoms with Crippen LogP contribution in [0.2, 0.25) is 0 Å². The first-order valence-electron chi connectivity index (χ1n) is 8.62. The van der Waals surface area contributed by atoms with E-state index in [2.05, 4.69) is 40.2 Å². The Labute approximate surface area is 162 Å². The summed E-state index contributed by atoms with van der Waals surface area (Å²) in [7, 11) is 1.77. The van der Waals surface area contributed by atoms with Crippen LogP contribution >= 0.6 is 15.9 Å². The molecule has 0 aliphatic heterocycles. The molecule has 0 aliphatic carbocycles. The molecule has 0 radical (unpaired) electrons. The van der Waals surface area contributed by atoms with Crippen molar-refractivity contribution in [3.05, 3.63) is 83.9 Å². The number of hydrogen-bond acceptors (Lipinski definition) is 2.